The van der Waals surface area contributed by atoms with Crippen molar-refractivity contribution in [2.75, 3.05) is 31.1 Å². The second kappa shape index (κ2) is 13.9. The second-order valence-corrected chi connectivity index (χ2v) is 10.5. The van der Waals surface area contributed by atoms with E-state index in [-0.39, 0.29) is 37.9 Å². The van der Waals surface area contributed by atoms with Crippen molar-refractivity contribution in [2.24, 2.45) is 0 Å². The van der Waals surface area contributed by atoms with E-state index in [1.165, 1.54) is 9.80 Å². The van der Waals surface area contributed by atoms with E-state index in [4.69, 9.17) is 21.1 Å². The number of amides is 3. The maximum Gasteiger partial charge on any atom is 0.407 e. The molecule has 0 bridgehead atoms. The van der Waals surface area contributed by atoms with Gasteiger partial charge < -0.3 is 19.7 Å². The molecule has 1 aliphatic heterocycles. The number of carbonyl (C=O) groups is 4. The Kier molecular flexibility index (Phi) is 10.6. The van der Waals surface area contributed by atoms with Gasteiger partial charge >= 0.3 is 12.1 Å². The predicted molar refractivity (Wildman–Crippen MR) is 153 cm³/mol. The average molecular weight is 568 g/mol. The van der Waals surface area contributed by atoms with E-state index in [9.17, 15) is 19.2 Å². The van der Waals surface area contributed by atoms with Crippen molar-refractivity contribution in [1.82, 2.24) is 10.2 Å². The lowest BCUT2D eigenvalue weighted by atomic mass is 10.1. The standard InChI is InChI=1S/C30H34ClN3O6/c1-5-39-27(36)16-18-33-20-26(35)34(23-13-11-22(31)12-14-23)25-15-10-21(19-24(25)28(33)37)9-7-6-8-17-32-29(38)40-30(2,3)4/h10-15,19H,5-6,8,16-18,20H2,1-4H3,(H,32,38). The summed E-state index contributed by atoms with van der Waals surface area (Å²) < 4.78 is 10.2. The molecule has 2 aromatic carbocycles. The summed E-state index contributed by atoms with van der Waals surface area (Å²) >= 11 is 6.05. The van der Waals surface area contributed by atoms with Crippen molar-refractivity contribution < 1.29 is 28.7 Å². The Balaban J connectivity index is 1.80. The summed E-state index contributed by atoms with van der Waals surface area (Å²) in [5.41, 5.74) is 1.32. The highest BCUT2D eigenvalue weighted by molar-refractivity contribution is 6.30. The topological polar surface area (TPSA) is 105 Å². The minimum atomic E-state index is -0.561. The van der Waals surface area contributed by atoms with Gasteiger partial charge in [-0.1, -0.05) is 23.4 Å². The van der Waals surface area contributed by atoms with Crippen LogP contribution in [-0.2, 0) is 19.1 Å². The van der Waals surface area contributed by atoms with Crippen LogP contribution in [0.25, 0.3) is 0 Å². The first-order valence-electron chi connectivity index (χ1n) is 13.1. The molecule has 0 atom stereocenters. The van der Waals surface area contributed by atoms with Crippen molar-refractivity contribution in [2.45, 2.75) is 52.6 Å². The molecule has 212 valence electrons. The zero-order valence-electron chi connectivity index (χ0n) is 23.2. The molecule has 0 aromatic heterocycles. The Hall–Kier alpha value is -4.03. The molecule has 10 heteroatoms. The van der Waals surface area contributed by atoms with E-state index in [0.29, 0.717) is 46.9 Å². The second-order valence-electron chi connectivity index (χ2n) is 10.1. The largest absolute Gasteiger partial charge is 0.466 e. The van der Waals surface area contributed by atoms with Crippen molar-refractivity contribution in [3.8, 4) is 11.8 Å². The third-order valence-corrected chi connectivity index (χ3v) is 5.94. The summed E-state index contributed by atoms with van der Waals surface area (Å²) in [7, 11) is 0. The monoisotopic (exact) mass is 567 g/mol. The zero-order chi connectivity index (χ0) is 29.3. The Morgan fingerprint density at radius 2 is 1.82 bits per heavy atom. The summed E-state index contributed by atoms with van der Waals surface area (Å²) in [5.74, 6) is 4.97. The molecule has 9 nitrogen and oxygen atoms in total. The van der Waals surface area contributed by atoms with Crippen LogP contribution >= 0.6 is 11.6 Å². The fourth-order valence-electron chi connectivity index (χ4n) is 3.95. The number of unbranched alkanes of at least 4 members (excludes halogenated alkanes) is 1. The number of hydrogen-bond donors (Lipinski definition) is 1. The van der Waals surface area contributed by atoms with E-state index in [2.05, 4.69) is 17.2 Å². The molecule has 0 radical (unpaired) electrons. The molecule has 0 saturated heterocycles. The maximum atomic E-state index is 13.6. The number of rotatable bonds is 8. The van der Waals surface area contributed by atoms with Crippen LogP contribution in [0.3, 0.4) is 0 Å². The Labute approximate surface area is 239 Å². The van der Waals surface area contributed by atoms with Gasteiger partial charge in [0.05, 0.1) is 24.3 Å². The number of nitrogens with zero attached hydrogens (tertiary/aromatic N) is 2. The smallest absolute Gasteiger partial charge is 0.407 e. The van der Waals surface area contributed by atoms with Crippen LogP contribution in [0.1, 0.15) is 62.9 Å². The maximum absolute atomic E-state index is 13.6. The van der Waals surface area contributed by atoms with Gasteiger partial charge in [-0.15, -0.1) is 0 Å². The Morgan fingerprint density at radius 3 is 2.50 bits per heavy atom. The minimum absolute atomic E-state index is 0.0278. The molecule has 0 saturated carbocycles. The van der Waals surface area contributed by atoms with Crippen molar-refractivity contribution >= 4 is 46.9 Å². The van der Waals surface area contributed by atoms with Crippen LogP contribution in [0.4, 0.5) is 16.2 Å². The first kappa shape index (κ1) is 30.5. The summed E-state index contributed by atoms with van der Waals surface area (Å²) in [6.45, 7) is 7.59. The highest BCUT2D eigenvalue weighted by Gasteiger charge is 2.33. The third kappa shape index (κ3) is 8.75. The fraction of sp³-hybridized carbons (Fsp3) is 0.400. The highest BCUT2D eigenvalue weighted by atomic mass is 35.5. The molecule has 0 fully saturated rings. The Bertz CT molecular complexity index is 1310. The zero-order valence-corrected chi connectivity index (χ0v) is 24.0. The minimum Gasteiger partial charge on any atom is -0.466 e. The van der Waals surface area contributed by atoms with Gasteiger partial charge in [-0.25, -0.2) is 4.79 Å². The van der Waals surface area contributed by atoms with Crippen LogP contribution < -0.4 is 10.2 Å². The lowest BCUT2D eigenvalue weighted by Gasteiger charge is -2.23. The van der Waals surface area contributed by atoms with Crippen molar-refractivity contribution in [3.05, 3.63) is 58.6 Å². The lowest BCUT2D eigenvalue weighted by molar-refractivity contribution is -0.143. The molecular formula is C30H34ClN3O6. The highest BCUT2D eigenvalue weighted by Crippen LogP contribution is 2.33. The van der Waals surface area contributed by atoms with Gasteiger partial charge in [0.25, 0.3) is 11.8 Å². The number of anilines is 2. The molecule has 1 N–H and O–H groups in total. The van der Waals surface area contributed by atoms with Gasteiger partial charge in [-0.3, -0.25) is 19.3 Å². The quantitative estimate of drug-likeness (QED) is 0.271. The molecule has 0 unspecified atom stereocenters. The van der Waals surface area contributed by atoms with Crippen molar-refractivity contribution in [1.29, 1.82) is 0 Å². The summed E-state index contributed by atoms with van der Waals surface area (Å²) in [6, 6.07) is 11.9. The number of nitrogens with one attached hydrogen (secondary N) is 1. The number of esters is 1. The molecule has 1 heterocycles. The normalized spacial score (nSPS) is 13.1. The Morgan fingerprint density at radius 1 is 1.10 bits per heavy atom. The van der Waals surface area contributed by atoms with E-state index < -0.39 is 17.7 Å². The number of hydrogen-bond acceptors (Lipinski definition) is 6. The number of fused-ring (bicyclic) bond motifs is 1. The van der Waals surface area contributed by atoms with E-state index in [0.717, 1.165) is 0 Å². The first-order chi connectivity index (χ1) is 19.0. The summed E-state index contributed by atoms with van der Waals surface area (Å²) in [5, 5.41) is 3.21. The lowest BCUT2D eigenvalue weighted by Crippen LogP contribution is -2.38. The molecular weight excluding hydrogens is 534 g/mol. The van der Waals surface area contributed by atoms with Gasteiger partial charge in [-0.05, 0) is 76.6 Å². The molecule has 40 heavy (non-hydrogen) atoms. The first-order valence-corrected chi connectivity index (χ1v) is 13.5. The summed E-state index contributed by atoms with van der Waals surface area (Å²) in [6.07, 6.45) is 0.635. The van der Waals surface area contributed by atoms with E-state index >= 15 is 0 Å². The van der Waals surface area contributed by atoms with Gasteiger partial charge in [0.15, 0.2) is 0 Å². The summed E-state index contributed by atoms with van der Waals surface area (Å²) in [4.78, 5) is 53.5. The SMILES string of the molecule is CCOC(=O)CCN1CC(=O)N(c2ccc(Cl)cc2)c2ccc(C#CCCCNC(=O)OC(C)(C)C)cc2C1=O. The van der Waals surface area contributed by atoms with Gasteiger partial charge in [0.1, 0.15) is 12.1 Å². The van der Waals surface area contributed by atoms with Crippen molar-refractivity contribution in [3.63, 3.8) is 0 Å². The van der Waals surface area contributed by atoms with Crippen LogP contribution in [0.15, 0.2) is 42.5 Å². The van der Waals surface area contributed by atoms with Gasteiger partial charge in [-0.2, -0.15) is 0 Å². The molecule has 1 aliphatic rings. The third-order valence-electron chi connectivity index (χ3n) is 5.69. The van der Waals surface area contributed by atoms with Gasteiger partial charge in [0.2, 0.25) is 0 Å². The fourth-order valence-corrected chi connectivity index (χ4v) is 4.08. The van der Waals surface area contributed by atoms with Crippen LogP contribution in [0.5, 0.6) is 0 Å². The molecule has 2 aromatic rings. The van der Waals surface area contributed by atoms with Gasteiger partial charge in [0, 0.05) is 35.8 Å². The number of benzene rings is 2. The number of carbonyl (C=O) groups excluding carboxylic acids is 4. The van der Waals surface area contributed by atoms with E-state index in [1.807, 2.05) is 0 Å². The van der Waals surface area contributed by atoms with Crippen LogP contribution in [0, 0.1) is 11.8 Å². The number of halogens is 1. The predicted octanol–water partition coefficient (Wildman–Crippen LogP) is 5.07. The van der Waals surface area contributed by atoms with Crippen LogP contribution in [0.2, 0.25) is 5.02 Å². The molecule has 0 spiro atoms. The average Bonchev–Trinajstić information content (AvgIpc) is 2.98. The number of ether oxygens (including phenoxy) is 2. The van der Waals surface area contributed by atoms with E-state index in [1.54, 1.807) is 70.2 Å². The molecule has 3 amide bonds. The molecule has 0 aliphatic carbocycles. The molecule has 3 rings (SSSR count). The van der Waals surface area contributed by atoms with Crippen LogP contribution in [-0.4, -0.2) is 60.6 Å². The number of alkyl carbamates (subject to hydrolysis) is 1.